The molecular formula is C12H19BrNO3-. The second kappa shape index (κ2) is 4.59. The van der Waals surface area contributed by atoms with Crippen LogP contribution in [0.5, 0.6) is 0 Å². The van der Waals surface area contributed by atoms with E-state index in [-0.39, 0.29) is 11.8 Å². The monoisotopic (exact) mass is 304 g/mol. The average Bonchev–Trinajstić information content (AvgIpc) is 2.53. The number of hydrogen-bond acceptors (Lipinski definition) is 3. The molecule has 0 spiro atoms. The van der Waals surface area contributed by atoms with Crippen molar-refractivity contribution in [3.05, 3.63) is 0 Å². The lowest BCUT2D eigenvalue weighted by Crippen LogP contribution is -2.52. The minimum atomic E-state index is -1.06. The van der Waals surface area contributed by atoms with E-state index in [2.05, 4.69) is 15.9 Å². The normalized spacial score (nSPS) is 36.9. The lowest BCUT2D eigenvalue weighted by Gasteiger charge is -2.44. The van der Waals surface area contributed by atoms with Crippen molar-refractivity contribution in [2.75, 3.05) is 19.4 Å². The fourth-order valence-electron chi connectivity index (χ4n) is 2.71. The Balaban J connectivity index is 3.15. The highest BCUT2D eigenvalue weighted by Gasteiger charge is 2.57. The standard InChI is InChI=1S/C12H20BrNO3/c1-11(10(16)17)6-5-8(9(15)14(3)4)12(11,2)7-13/h8H,5-7H2,1-4H3,(H,16,17)/p-1/t8-,11+,12+/m0/s1. The van der Waals surface area contributed by atoms with Gasteiger partial charge in [0.1, 0.15) is 0 Å². The number of carbonyl (C=O) groups is 2. The van der Waals surface area contributed by atoms with Gasteiger partial charge in [0.25, 0.3) is 0 Å². The van der Waals surface area contributed by atoms with Crippen LogP contribution in [0.25, 0.3) is 0 Å². The van der Waals surface area contributed by atoms with Gasteiger partial charge in [-0.2, -0.15) is 0 Å². The molecule has 0 aromatic carbocycles. The van der Waals surface area contributed by atoms with Gasteiger partial charge in [0.2, 0.25) is 5.91 Å². The molecular weight excluding hydrogens is 286 g/mol. The Morgan fingerprint density at radius 1 is 1.41 bits per heavy atom. The van der Waals surface area contributed by atoms with Crippen LogP contribution in [0.3, 0.4) is 0 Å². The van der Waals surface area contributed by atoms with Crippen LogP contribution < -0.4 is 5.11 Å². The van der Waals surface area contributed by atoms with Crippen LogP contribution >= 0.6 is 15.9 Å². The van der Waals surface area contributed by atoms with Gasteiger partial charge in [-0.15, -0.1) is 0 Å². The van der Waals surface area contributed by atoms with E-state index in [0.29, 0.717) is 18.2 Å². The molecule has 1 saturated carbocycles. The van der Waals surface area contributed by atoms with Gasteiger partial charge in [-0.05, 0) is 18.3 Å². The molecule has 3 atom stereocenters. The number of halogens is 1. The van der Waals surface area contributed by atoms with Crippen LogP contribution in [0.1, 0.15) is 26.7 Å². The van der Waals surface area contributed by atoms with E-state index < -0.39 is 16.8 Å². The van der Waals surface area contributed by atoms with Gasteiger partial charge < -0.3 is 14.8 Å². The van der Waals surface area contributed by atoms with Crippen LogP contribution in [0.2, 0.25) is 0 Å². The van der Waals surface area contributed by atoms with Crippen molar-refractivity contribution in [1.29, 1.82) is 0 Å². The van der Waals surface area contributed by atoms with Crippen molar-refractivity contribution in [2.45, 2.75) is 26.7 Å². The molecule has 98 valence electrons. The Labute approximate surface area is 110 Å². The Morgan fingerprint density at radius 3 is 2.29 bits per heavy atom. The summed E-state index contributed by atoms with van der Waals surface area (Å²) in [5.41, 5.74) is -1.56. The van der Waals surface area contributed by atoms with Gasteiger partial charge in [0, 0.05) is 36.7 Å². The third-order valence-electron chi connectivity index (χ3n) is 4.43. The van der Waals surface area contributed by atoms with Gasteiger partial charge in [-0.3, -0.25) is 4.79 Å². The number of carboxylic acids is 1. The number of nitrogens with zero attached hydrogens (tertiary/aromatic N) is 1. The van der Waals surface area contributed by atoms with Crippen molar-refractivity contribution >= 4 is 27.8 Å². The number of aliphatic carboxylic acids is 1. The number of alkyl halides is 1. The molecule has 0 radical (unpaired) electrons. The summed E-state index contributed by atoms with van der Waals surface area (Å²) < 4.78 is 0. The average molecular weight is 305 g/mol. The highest BCUT2D eigenvalue weighted by molar-refractivity contribution is 9.09. The molecule has 4 nitrogen and oxygen atoms in total. The van der Waals surface area contributed by atoms with Crippen molar-refractivity contribution in [3.8, 4) is 0 Å². The van der Waals surface area contributed by atoms with Gasteiger partial charge >= 0.3 is 0 Å². The molecule has 1 fully saturated rings. The molecule has 5 heteroatoms. The molecule has 0 aliphatic heterocycles. The zero-order chi connectivity index (χ0) is 13.4. The van der Waals surface area contributed by atoms with E-state index in [1.807, 2.05) is 6.92 Å². The fraction of sp³-hybridized carbons (Fsp3) is 0.833. The predicted octanol–water partition coefficient (Wildman–Crippen LogP) is 0.642. The first kappa shape index (κ1) is 14.5. The number of amides is 1. The summed E-state index contributed by atoms with van der Waals surface area (Å²) in [5, 5.41) is 11.9. The van der Waals surface area contributed by atoms with Gasteiger partial charge in [-0.25, -0.2) is 0 Å². The lowest BCUT2D eigenvalue weighted by atomic mass is 9.65. The fourth-order valence-corrected chi connectivity index (χ4v) is 3.71. The van der Waals surface area contributed by atoms with Crippen LogP contribution in [0.4, 0.5) is 0 Å². The zero-order valence-electron chi connectivity index (χ0n) is 10.7. The van der Waals surface area contributed by atoms with Gasteiger partial charge in [0.15, 0.2) is 0 Å². The molecule has 0 saturated heterocycles. The second-order valence-corrected chi connectivity index (χ2v) is 6.06. The van der Waals surface area contributed by atoms with E-state index in [0.717, 1.165) is 0 Å². The maximum atomic E-state index is 12.1. The van der Waals surface area contributed by atoms with Crippen LogP contribution in [-0.4, -0.2) is 36.2 Å². The van der Waals surface area contributed by atoms with Crippen LogP contribution in [0, 0.1) is 16.7 Å². The minimum Gasteiger partial charge on any atom is -0.550 e. The van der Waals surface area contributed by atoms with E-state index >= 15 is 0 Å². The molecule has 0 unspecified atom stereocenters. The van der Waals surface area contributed by atoms with Crippen molar-refractivity contribution in [1.82, 2.24) is 4.90 Å². The maximum Gasteiger partial charge on any atom is 0.225 e. The summed E-state index contributed by atoms with van der Waals surface area (Å²) in [7, 11) is 3.40. The molecule has 1 amide bonds. The molecule has 0 aromatic heterocycles. The van der Waals surface area contributed by atoms with E-state index in [1.54, 1.807) is 21.0 Å². The molecule has 0 bridgehead atoms. The number of rotatable bonds is 3. The largest absolute Gasteiger partial charge is 0.550 e. The Kier molecular flexibility index (Phi) is 3.91. The number of carbonyl (C=O) groups excluding carboxylic acids is 2. The first-order chi connectivity index (χ1) is 7.70. The first-order valence-corrected chi connectivity index (χ1v) is 6.81. The third-order valence-corrected chi connectivity index (χ3v) is 5.59. The van der Waals surface area contributed by atoms with Crippen molar-refractivity contribution in [2.24, 2.45) is 16.7 Å². The summed E-state index contributed by atoms with van der Waals surface area (Å²) in [4.78, 5) is 25.0. The summed E-state index contributed by atoms with van der Waals surface area (Å²) in [6.07, 6.45) is 1.09. The minimum absolute atomic E-state index is 0.00285. The second-order valence-electron chi connectivity index (χ2n) is 5.49. The number of carboxylic acid groups (broad SMARTS) is 1. The highest BCUT2D eigenvalue weighted by atomic mass is 79.9. The van der Waals surface area contributed by atoms with E-state index in [9.17, 15) is 14.7 Å². The summed E-state index contributed by atoms with van der Waals surface area (Å²) in [6.45, 7) is 3.54. The quantitative estimate of drug-likeness (QED) is 0.719. The van der Waals surface area contributed by atoms with Crippen LogP contribution in [0.15, 0.2) is 0 Å². The number of hydrogen-bond donors (Lipinski definition) is 0. The summed E-state index contributed by atoms with van der Waals surface area (Å²) >= 11 is 3.37. The zero-order valence-corrected chi connectivity index (χ0v) is 12.3. The van der Waals surface area contributed by atoms with Crippen LogP contribution in [-0.2, 0) is 9.59 Å². The SMILES string of the molecule is CN(C)C(=O)[C@@H]1CC[C@](C)(C(=O)[O-])[C@]1(C)CBr. The summed E-state index contributed by atoms with van der Waals surface area (Å²) in [6, 6.07) is 0. The summed E-state index contributed by atoms with van der Waals surface area (Å²) in [5.74, 6) is -1.33. The Hall–Kier alpha value is -0.580. The smallest absolute Gasteiger partial charge is 0.225 e. The molecule has 0 heterocycles. The molecule has 1 rings (SSSR count). The van der Waals surface area contributed by atoms with E-state index in [1.165, 1.54) is 4.90 Å². The van der Waals surface area contributed by atoms with Gasteiger partial charge in [0.05, 0.1) is 0 Å². The Morgan fingerprint density at radius 2 is 1.94 bits per heavy atom. The van der Waals surface area contributed by atoms with E-state index in [4.69, 9.17) is 0 Å². The first-order valence-electron chi connectivity index (χ1n) is 5.69. The maximum absolute atomic E-state index is 12.1. The molecule has 0 aromatic rings. The molecule has 1 aliphatic rings. The van der Waals surface area contributed by atoms with Crippen molar-refractivity contribution < 1.29 is 14.7 Å². The van der Waals surface area contributed by atoms with Crippen molar-refractivity contribution in [3.63, 3.8) is 0 Å². The Bertz CT molecular complexity index is 345. The van der Waals surface area contributed by atoms with Gasteiger partial charge in [-0.1, -0.05) is 29.8 Å². The molecule has 17 heavy (non-hydrogen) atoms. The topological polar surface area (TPSA) is 60.4 Å². The molecule has 1 aliphatic carbocycles. The third kappa shape index (κ3) is 1.98. The molecule has 0 N–H and O–H groups in total. The predicted molar refractivity (Wildman–Crippen MR) is 66.4 cm³/mol. The lowest BCUT2D eigenvalue weighted by molar-refractivity contribution is -0.322. The highest BCUT2D eigenvalue weighted by Crippen LogP contribution is 2.57.